The lowest BCUT2D eigenvalue weighted by molar-refractivity contribution is -0.125. The van der Waals surface area contributed by atoms with Crippen molar-refractivity contribution in [1.29, 1.82) is 0 Å². The van der Waals surface area contributed by atoms with E-state index in [-0.39, 0.29) is 12.2 Å². The Kier molecular flexibility index (Phi) is 3.64. The molecule has 2 fully saturated rings. The Hall–Kier alpha value is -0.510. The molecule has 1 unspecified atom stereocenters. The summed E-state index contributed by atoms with van der Waals surface area (Å²) in [7, 11) is 0. The third kappa shape index (κ3) is 2.58. The minimum atomic E-state index is 0.131. The summed E-state index contributed by atoms with van der Waals surface area (Å²) < 4.78 is 5.96. The molecule has 3 heteroatoms. The lowest BCUT2D eigenvalue weighted by atomic mass is 9.75. The Labute approximate surface area is 113 Å². The molecule has 3 rings (SSSR count). The van der Waals surface area contributed by atoms with E-state index in [0.29, 0.717) is 5.25 Å². The number of ether oxygens (including phenoxy) is 1. The van der Waals surface area contributed by atoms with Gasteiger partial charge in [-0.25, -0.2) is 0 Å². The second-order valence-electron chi connectivity index (χ2n) is 5.42. The maximum atomic E-state index is 9.17. The van der Waals surface area contributed by atoms with Crippen LogP contribution in [0.5, 0.6) is 0 Å². The van der Waals surface area contributed by atoms with Crippen LogP contribution in [-0.2, 0) is 11.3 Å². The van der Waals surface area contributed by atoms with Gasteiger partial charge in [0.2, 0.25) is 0 Å². The molecule has 0 radical (unpaired) electrons. The predicted octanol–water partition coefficient (Wildman–Crippen LogP) is 3.37. The van der Waals surface area contributed by atoms with E-state index in [1.54, 1.807) is 0 Å². The monoisotopic (exact) mass is 264 g/mol. The van der Waals surface area contributed by atoms with Crippen LogP contribution in [0, 0.1) is 0 Å². The first-order chi connectivity index (χ1) is 8.80. The molecule has 0 amide bonds. The van der Waals surface area contributed by atoms with Crippen LogP contribution >= 0.6 is 11.8 Å². The number of rotatable bonds is 3. The zero-order chi connectivity index (χ0) is 12.4. The zero-order valence-corrected chi connectivity index (χ0v) is 11.4. The molecule has 1 aliphatic carbocycles. The second-order valence-corrected chi connectivity index (χ2v) is 6.80. The van der Waals surface area contributed by atoms with E-state index in [9.17, 15) is 0 Å². The van der Waals surface area contributed by atoms with Crippen molar-refractivity contribution in [3.8, 4) is 0 Å². The fraction of sp³-hybridized carbons (Fsp3) is 0.600. The van der Waals surface area contributed by atoms with Crippen LogP contribution in [-0.4, -0.2) is 22.6 Å². The average molecular weight is 264 g/mol. The van der Waals surface area contributed by atoms with Crippen LogP contribution in [0.3, 0.4) is 0 Å². The second kappa shape index (κ2) is 5.24. The van der Waals surface area contributed by atoms with Gasteiger partial charge in [0.25, 0.3) is 0 Å². The molecule has 1 aromatic carbocycles. The lowest BCUT2D eigenvalue weighted by Gasteiger charge is -2.47. The van der Waals surface area contributed by atoms with Crippen molar-refractivity contribution >= 4 is 11.8 Å². The van der Waals surface area contributed by atoms with Gasteiger partial charge in [-0.1, -0.05) is 12.1 Å². The van der Waals surface area contributed by atoms with Crippen molar-refractivity contribution in [2.24, 2.45) is 0 Å². The fourth-order valence-corrected chi connectivity index (χ4v) is 4.28. The summed E-state index contributed by atoms with van der Waals surface area (Å²) >= 11 is 1.95. The molecule has 18 heavy (non-hydrogen) atoms. The van der Waals surface area contributed by atoms with Crippen molar-refractivity contribution in [3.63, 3.8) is 0 Å². The SMILES string of the molecule is OCc1cccc(SC2CCOC3(CCC3)C2)c1. The molecule has 1 N–H and O–H groups in total. The van der Waals surface area contributed by atoms with Gasteiger partial charge in [0.1, 0.15) is 0 Å². The van der Waals surface area contributed by atoms with E-state index >= 15 is 0 Å². The van der Waals surface area contributed by atoms with E-state index in [1.165, 1.54) is 30.6 Å². The minimum Gasteiger partial charge on any atom is -0.392 e. The number of aliphatic hydroxyl groups is 1. The van der Waals surface area contributed by atoms with Crippen LogP contribution in [0.25, 0.3) is 0 Å². The summed E-state index contributed by atoms with van der Waals surface area (Å²) in [5, 5.41) is 9.84. The molecule has 2 aliphatic rings. The average Bonchev–Trinajstić information content (AvgIpc) is 2.37. The Morgan fingerprint density at radius 2 is 2.28 bits per heavy atom. The quantitative estimate of drug-likeness (QED) is 0.907. The molecule has 1 heterocycles. The summed E-state index contributed by atoms with van der Waals surface area (Å²) in [6.45, 7) is 1.05. The lowest BCUT2D eigenvalue weighted by Crippen LogP contribution is -2.46. The molecule has 1 spiro atoms. The standard InChI is InChI=1S/C15H20O2S/c16-11-12-3-1-4-13(9-12)18-14-5-8-17-15(10-14)6-2-7-15/h1,3-4,9,14,16H,2,5-8,10-11H2. The van der Waals surface area contributed by atoms with Gasteiger partial charge in [0.05, 0.1) is 12.2 Å². The molecular formula is C15H20O2S. The predicted molar refractivity (Wildman–Crippen MR) is 73.8 cm³/mol. The Morgan fingerprint density at radius 3 is 3.00 bits per heavy atom. The Morgan fingerprint density at radius 1 is 1.39 bits per heavy atom. The first kappa shape index (κ1) is 12.5. The maximum absolute atomic E-state index is 9.17. The Balaban J connectivity index is 1.64. The minimum absolute atomic E-state index is 0.131. The van der Waals surface area contributed by atoms with Crippen LogP contribution in [0.1, 0.15) is 37.7 Å². The van der Waals surface area contributed by atoms with Crippen molar-refractivity contribution in [3.05, 3.63) is 29.8 Å². The van der Waals surface area contributed by atoms with Gasteiger partial charge in [-0.05, 0) is 49.8 Å². The van der Waals surface area contributed by atoms with Gasteiger partial charge in [0, 0.05) is 16.8 Å². The number of benzene rings is 1. The van der Waals surface area contributed by atoms with E-state index in [0.717, 1.165) is 18.6 Å². The van der Waals surface area contributed by atoms with E-state index in [4.69, 9.17) is 9.84 Å². The van der Waals surface area contributed by atoms with Gasteiger partial charge in [0.15, 0.2) is 0 Å². The van der Waals surface area contributed by atoms with Gasteiger partial charge < -0.3 is 9.84 Å². The number of thioether (sulfide) groups is 1. The van der Waals surface area contributed by atoms with Crippen molar-refractivity contribution in [1.82, 2.24) is 0 Å². The van der Waals surface area contributed by atoms with E-state index in [1.807, 2.05) is 23.9 Å². The van der Waals surface area contributed by atoms with Gasteiger partial charge in [-0.3, -0.25) is 0 Å². The molecule has 2 nitrogen and oxygen atoms in total. The fourth-order valence-electron chi connectivity index (χ4n) is 2.91. The Bertz CT molecular complexity index is 415. The van der Waals surface area contributed by atoms with Crippen LogP contribution in [0.15, 0.2) is 29.2 Å². The smallest absolute Gasteiger partial charge is 0.0693 e. The molecule has 1 saturated heterocycles. The first-order valence-corrected chi connectivity index (χ1v) is 7.68. The molecule has 0 bridgehead atoms. The van der Waals surface area contributed by atoms with Gasteiger partial charge >= 0.3 is 0 Å². The highest BCUT2D eigenvalue weighted by Gasteiger charge is 2.42. The topological polar surface area (TPSA) is 29.5 Å². The highest BCUT2D eigenvalue weighted by atomic mass is 32.2. The zero-order valence-electron chi connectivity index (χ0n) is 10.6. The van der Waals surface area contributed by atoms with Crippen molar-refractivity contribution in [2.75, 3.05) is 6.61 Å². The van der Waals surface area contributed by atoms with Crippen LogP contribution in [0.4, 0.5) is 0 Å². The highest BCUT2D eigenvalue weighted by molar-refractivity contribution is 8.00. The highest BCUT2D eigenvalue weighted by Crippen LogP contribution is 2.46. The van der Waals surface area contributed by atoms with Crippen LogP contribution in [0.2, 0.25) is 0 Å². The van der Waals surface area contributed by atoms with Crippen molar-refractivity contribution in [2.45, 2.75) is 54.5 Å². The first-order valence-electron chi connectivity index (χ1n) is 6.80. The largest absolute Gasteiger partial charge is 0.392 e. The molecule has 0 aromatic heterocycles. The molecule has 98 valence electrons. The molecular weight excluding hydrogens is 244 g/mol. The molecule has 1 aromatic rings. The number of aliphatic hydroxyl groups excluding tert-OH is 1. The molecule has 1 atom stereocenters. The summed E-state index contributed by atoms with van der Waals surface area (Å²) in [4.78, 5) is 1.28. The van der Waals surface area contributed by atoms with Crippen LogP contribution < -0.4 is 0 Å². The summed E-state index contributed by atoms with van der Waals surface area (Å²) in [5.41, 5.74) is 1.23. The maximum Gasteiger partial charge on any atom is 0.0693 e. The third-order valence-corrected chi connectivity index (χ3v) is 5.36. The molecule has 1 saturated carbocycles. The van der Waals surface area contributed by atoms with Gasteiger partial charge in [-0.2, -0.15) is 0 Å². The summed E-state index contributed by atoms with van der Waals surface area (Å²) in [5.74, 6) is 0. The number of hydrogen-bond acceptors (Lipinski definition) is 3. The molecule has 1 aliphatic heterocycles. The van der Waals surface area contributed by atoms with Gasteiger partial charge in [-0.15, -0.1) is 11.8 Å². The number of hydrogen-bond donors (Lipinski definition) is 1. The summed E-state index contributed by atoms with van der Waals surface area (Å²) in [6.07, 6.45) is 6.18. The third-order valence-electron chi connectivity index (χ3n) is 4.10. The van der Waals surface area contributed by atoms with E-state index < -0.39 is 0 Å². The normalized spacial score (nSPS) is 25.9. The van der Waals surface area contributed by atoms with E-state index in [2.05, 4.69) is 12.1 Å². The summed E-state index contributed by atoms with van der Waals surface area (Å²) in [6, 6.07) is 8.26. The van der Waals surface area contributed by atoms with Crippen molar-refractivity contribution < 1.29 is 9.84 Å².